The van der Waals surface area contributed by atoms with Crippen molar-refractivity contribution in [3.63, 3.8) is 0 Å². The summed E-state index contributed by atoms with van der Waals surface area (Å²) in [6.45, 7) is 2.09. The Morgan fingerprint density at radius 1 is 1.12 bits per heavy atom. The maximum absolute atomic E-state index is 4.70. The highest BCUT2D eigenvalue weighted by molar-refractivity contribution is 14.1. The highest BCUT2D eigenvalue weighted by Crippen LogP contribution is 2.25. The fraction of sp³-hybridized carbons (Fsp3) is 0.0714. The zero-order valence-electron chi connectivity index (χ0n) is 9.39. The number of hydrogen-bond donors (Lipinski definition) is 0. The second kappa shape index (κ2) is 4.14. The molecule has 0 unspecified atom stereocenters. The first-order chi connectivity index (χ1) is 8.25. The van der Waals surface area contributed by atoms with Crippen molar-refractivity contribution in [3.8, 4) is 11.3 Å². The largest absolute Gasteiger partial charge is 0.294 e. The van der Waals surface area contributed by atoms with E-state index in [0.717, 1.165) is 15.0 Å². The molecule has 2 nitrogen and oxygen atoms in total. The molecule has 84 valence electrons. The third kappa shape index (κ3) is 1.84. The highest BCUT2D eigenvalue weighted by atomic mass is 127. The van der Waals surface area contributed by atoms with E-state index >= 15 is 0 Å². The number of rotatable bonds is 1. The van der Waals surface area contributed by atoms with Crippen LogP contribution < -0.4 is 0 Å². The fourth-order valence-corrected chi connectivity index (χ4v) is 2.74. The monoisotopic (exact) mass is 334 g/mol. The molecule has 0 fully saturated rings. The van der Waals surface area contributed by atoms with Crippen molar-refractivity contribution in [1.82, 2.24) is 9.38 Å². The first kappa shape index (κ1) is 10.8. The molecule has 0 radical (unpaired) electrons. The Labute approximate surface area is 113 Å². The van der Waals surface area contributed by atoms with E-state index in [4.69, 9.17) is 4.98 Å². The lowest BCUT2D eigenvalue weighted by Gasteiger charge is -1.97. The van der Waals surface area contributed by atoms with Crippen molar-refractivity contribution >= 4 is 28.2 Å². The summed E-state index contributed by atoms with van der Waals surface area (Å²) in [6.07, 6.45) is 2.08. The minimum absolute atomic E-state index is 1.01. The van der Waals surface area contributed by atoms with Crippen molar-refractivity contribution in [2.45, 2.75) is 6.92 Å². The van der Waals surface area contributed by atoms with Crippen LogP contribution in [0.3, 0.4) is 0 Å². The summed E-state index contributed by atoms with van der Waals surface area (Å²) >= 11 is 2.35. The Morgan fingerprint density at radius 2 is 1.88 bits per heavy atom. The van der Waals surface area contributed by atoms with Crippen LogP contribution in [0, 0.1) is 10.6 Å². The molecule has 3 heteroatoms. The van der Waals surface area contributed by atoms with Crippen LogP contribution in [0.4, 0.5) is 0 Å². The van der Waals surface area contributed by atoms with Gasteiger partial charge in [0.1, 0.15) is 15.0 Å². The molecule has 2 heterocycles. The molecule has 0 amide bonds. The molecule has 2 aromatic heterocycles. The fourth-order valence-electron chi connectivity index (χ4n) is 1.90. The number of imidazole rings is 1. The van der Waals surface area contributed by atoms with Crippen LogP contribution in [-0.4, -0.2) is 9.38 Å². The van der Waals surface area contributed by atoms with Gasteiger partial charge < -0.3 is 0 Å². The van der Waals surface area contributed by atoms with Gasteiger partial charge in [-0.2, -0.15) is 0 Å². The third-order valence-electron chi connectivity index (χ3n) is 2.77. The van der Waals surface area contributed by atoms with E-state index < -0.39 is 0 Å². The molecule has 17 heavy (non-hydrogen) atoms. The molecule has 3 aromatic rings. The molecule has 0 aliphatic carbocycles. The zero-order chi connectivity index (χ0) is 11.8. The van der Waals surface area contributed by atoms with Crippen LogP contribution in [0.2, 0.25) is 0 Å². The van der Waals surface area contributed by atoms with Gasteiger partial charge in [0, 0.05) is 11.8 Å². The third-order valence-corrected chi connectivity index (χ3v) is 3.80. The lowest BCUT2D eigenvalue weighted by molar-refractivity contribution is 1.14. The Kier molecular flexibility index (Phi) is 2.63. The van der Waals surface area contributed by atoms with E-state index in [-0.39, 0.29) is 0 Å². The van der Waals surface area contributed by atoms with Crippen molar-refractivity contribution < 1.29 is 0 Å². The van der Waals surface area contributed by atoms with Gasteiger partial charge in [0.05, 0.1) is 0 Å². The Hall–Kier alpha value is -1.36. The summed E-state index contributed by atoms with van der Waals surface area (Å²) in [5.41, 5.74) is 4.46. The molecule has 0 spiro atoms. The maximum atomic E-state index is 4.70. The minimum atomic E-state index is 1.01. The van der Waals surface area contributed by atoms with Gasteiger partial charge in [0.2, 0.25) is 0 Å². The summed E-state index contributed by atoms with van der Waals surface area (Å²) in [7, 11) is 0. The molecular weight excluding hydrogens is 323 g/mol. The van der Waals surface area contributed by atoms with E-state index in [2.05, 4.69) is 64.4 Å². The molecule has 0 atom stereocenters. The highest BCUT2D eigenvalue weighted by Gasteiger charge is 2.10. The number of hydrogen-bond acceptors (Lipinski definition) is 1. The molecule has 0 bridgehead atoms. The first-order valence-corrected chi connectivity index (χ1v) is 6.53. The average molecular weight is 334 g/mol. The van der Waals surface area contributed by atoms with E-state index in [1.54, 1.807) is 0 Å². The Bertz CT molecular complexity index is 671. The number of nitrogens with zero attached hydrogens (tertiary/aromatic N) is 2. The lowest BCUT2D eigenvalue weighted by Crippen LogP contribution is -1.87. The molecule has 0 saturated carbocycles. The lowest BCUT2D eigenvalue weighted by atomic mass is 10.2. The van der Waals surface area contributed by atoms with Crippen molar-refractivity contribution in [2.24, 2.45) is 0 Å². The molecule has 0 aliphatic heterocycles. The van der Waals surface area contributed by atoms with Crippen molar-refractivity contribution in [3.05, 3.63) is 57.9 Å². The summed E-state index contributed by atoms with van der Waals surface area (Å²) in [5.74, 6) is 0. The van der Waals surface area contributed by atoms with Crippen LogP contribution in [0.25, 0.3) is 16.9 Å². The molecule has 1 aromatic carbocycles. The smallest absolute Gasteiger partial charge is 0.138 e. The van der Waals surface area contributed by atoms with Gasteiger partial charge in [-0.05, 0) is 47.2 Å². The summed E-state index contributed by atoms with van der Waals surface area (Å²) in [6, 6.07) is 14.5. The van der Waals surface area contributed by atoms with Gasteiger partial charge in [-0.15, -0.1) is 0 Å². The summed E-state index contributed by atoms with van der Waals surface area (Å²) in [4.78, 5) is 4.70. The maximum Gasteiger partial charge on any atom is 0.138 e. The van der Waals surface area contributed by atoms with Gasteiger partial charge in [0.25, 0.3) is 0 Å². The topological polar surface area (TPSA) is 17.3 Å². The predicted octanol–water partition coefficient (Wildman–Crippen LogP) is 3.91. The molecule has 0 saturated heterocycles. The van der Waals surface area contributed by atoms with Crippen molar-refractivity contribution in [2.75, 3.05) is 0 Å². The van der Waals surface area contributed by atoms with E-state index in [0.29, 0.717) is 0 Å². The van der Waals surface area contributed by atoms with Crippen LogP contribution in [0.5, 0.6) is 0 Å². The van der Waals surface area contributed by atoms with Crippen LogP contribution in [-0.2, 0) is 0 Å². The standard InChI is InChI=1S/C14H11IN2/c1-10-7-8-17-12(9-10)16-13(14(17)15)11-5-3-2-4-6-11/h2-9H,1H3. The van der Waals surface area contributed by atoms with E-state index in [1.807, 2.05) is 18.2 Å². The van der Waals surface area contributed by atoms with Gasteiger partial charge in [-0.3, -0.25) is 4.40 Å². The van der Waals surface area contributed by atoms with Gasteiger partial charge in [-0.25, -0.2) is 4.98 Å². The Balaban J connectivity index is 2.28. The number of pyridine rings is 1. The normalized spacial score (nSPS) is 10.9. The molecular formula is C14H11IN2. The molecule has 3 rings (SSSR count). The predicted molar refractivity (Wildman–Crippen MR) is 78.1 cm³/mol. The number of aryl methyl sites for hydroxylation is 1. The zero-order valence-corrected chi connectivity index (χ0v) is 11.5. The van der Waals surface area contributed by atoms with E-state index in [1.165, 1.54) is 11.1 Å². The second-order valence-corrected chi connectivity index (χ2v) is 5.07. The summed E-state index contributed by atoms with van der Waals surface area (Å²) in [5, 5.41) is 0. The van der Waals surface area contributed by atoms with Crippen LogP contribution in [0.15, 0.2) is 48.7 Å². The minimum Gasteiger partial charge on any atom is -0.294 e. The second-order valence-electron chi connectivity index (χ2n) is 4.05. The van der Waals surface area contributed by atoms with Gasteiger partial charge in [-0.1, -0.05) is 30.3 Å². The summed E-state index contributed by atoms with van der Waals surface area (Å²) < 4.78 is 3.28. The first-order valence-electron chi connectivity index (χ1n) is 5.45. The average Bonchev–Trinajstić information content (AvgIpc) is 2.67. The van der Waals surface area contributed by atoms with Crippen molar-refractivity contribution in [1.29, 1.82) is 0 Å². The van der Waals surface area contributed by atoms with Gasteiger partial charge in [0.15, 0.2) is 0 Å². The van der Waals surface area contributed by atoms with Crippen LogP contribution >= 0.6 is 22.6 Å². The molecule has 0 aliphatic rings. The number of fused-ring (bicyclic) bond motifs is 1. The molecule has 0 N–H and O–H groups in total. The number of benzene rings is 1. The van der Waals surface area contributed by atoms with Crippen LogP contribution in [0.1, 0.15) is 5.56 Å². The SMILES string of the molecule is Cc1ccn2c(I)c(-c3ccccc3)nc2c1. The van der Waals surface area contributed by atoms with Gasteiger partial charge >= 0.3 is 0 Å². The Morgan fingerprint density at radius 3 is 2.65 bits per heavy atom. The van der Waals surface area contributed by atoms with E-state index in [9.17, 15) is 0 Å². The number of aromatic nitrogens is 2. The number of halogens is 1. The quantitative estimate of drug-likeness (QED) is 0.617.